The minimum Gasteiger partial charge on any atom is -0.467 e. The van der Waals surface area contributed by atoms with Crippen LogP contribution in [-0.4, -0.2) is 29.0 Å². The molecule has 1 amide bonds. The lowest BCUT2D eigenvalue weighted by molar-refractivity contribution is -0.123. The molecule has 0 radical (unpaired) electrons. The Morgan fingerprint density at radius 1 is 1.47 bits per heavy atom. The zero-order valence-electron chi connectivity index (χ0n) is 10.7. The Labute approximate surface area is 115 Å². The van der Waals surface area contributed by atoms with Crippen molar-refractivity contribution in [1.82, 2.24) is 15.3 Å². The Morgan fingerprint density at radius 2 is 2.37 bits per heavy atom. The maximum Gasteiger partial charge on any atom is 0.257 e. The van der Waals surface area contributed by atoms with Crippen LogP contribution in [0.15, 0.2) is 6.33 Å². The van der Waals surface area contributed by atoms with Gasteiger partial charge in [-0.15, -0.1) is 11.3 Å². The Balaban J connectivity index is 1.89. The van der Waals surface area contributed by atoms with Crippen molar-refractivity contribution < 1.29 is 9.53 Å². The molecular weight excluding hydrogens is 262 g/mol. The van der Waals surface area contributed by atoms with Gasteiger partial charge in [0, 0.05) is 11.4 Å². The summed E-state index contributed by atoms with van der Waals surface area (Å²) in [5.41, 5.74) is 1.31. The van der Waals surface area contributed by atoms with E-state index in [1.165, 1.54) is 23.2 Å². The van der Waals surface area contributed by atoms with Crippen LogP contribution in [0.4, 0.5) is 0 Å². The molecule has 3 rings (SSSR count). The number of rotatable bonds is 4. The first-order valence-corrected chi connectivity index (χ1v) is 7.26. The molecule has 6 heteroatoms. The fourth-order valence-electron chi connectivity index (χ4n) is 2.39. The van der Waals surface area contributed by atoms with Gasteiger partial charge in [-0.2, -0.15) is 0 Å². The van der Waals surface area contributed by atoms with Gasteiger partial charge in [-0.25, -0.2) is 9.97 Å². The zero-order chi connectivity index (χ0) is 13.2. The second-order valence-electron chi connectivity index (χ2n) is 4.46. The van der Waals surface area contributed by atoms with E-state index in [0.29, 0.717) is 12.4 Å². The number of carbonyl (C=O) groups excluding carboxylic acids is 1. The summed E-state index contributed by atoms with van der Waals surface area (Å²) in [7, 11) is 0. The Kier molecular flexibility index (Phi) is 3.33. The van der Waals surface area contributed by atoms with Crippen LogP contribution in [0.1, 0.15) is 23.8 Å². The predicted molar refractivity (Wildman–Crippen MR) is 73.6 cm³/mol. The van der Waals surface area contributed by atoms with Gasteiger partial charge in [0.25, 0.3) is 5.91 Å². The highest BCUT2D eigenvalue weighted by molar-refractivity contribution is 7.18. The second kappa shape index (κ2) is 5.13. The third kappa shape index (κ3) is 2.28. The molecule has 0 bridgehead atoms. The highest BCUT2D eigenvalue weighted by Gasteiger charge is 2.22. The van der Waals surface area contributed by atoms with Crippen molar-refractivity contribution >= 4 is 27.5 Å². The number of aromatic nitrogens is 2. The number of nitrogens with one attached hydrogen (secondary N) is 1. The third-order valence-corrected chi connectivity index (χ3v) is 4.38. The minimum atomic E-state index is -0.124. The molecule has 2 aromatic rings. The molecule has 1 N–H and O–H groups in total. The molecule has 0 saturated heterocycles. The van der Waals surface area contributed by atoms with Gasteiger partial charge < -0.3 is 10.1 Å². The van der Waals surface area contributed by atoms with Crippen LogP contribution in [0.5, 0.6) is 5.88 Å². The molecule has 5 nitrogen and oxygen atoms in total. The fourth-order valence-corrected chi connectivity index (χ4v) is 3.61. The van der Waals surface area contributed by atoms with E-state index >= 15 is 0 Å². The van der Waals surface area contributed by atoms with Crippen LogP contribution in [0.2, 0.25) is 0 Å². The molecular formula is C13H15N3O2S. The summed E-state index contributed by atoms with van der Waals surface area (Å²) in [6, 6.07) is 0. The molecule has 0 spiro atoms. The number of thiophene rings is 1. The molecule has 100 valence electrons. The average molecular weight is 277 g/mol. The van der Waals surface area contributed by atoms with Crippen LogP contribution in [0.25, 0.3) is 10.2 Å². The summed E-state index contributed by atoms with van der Waals surface area (Å²) in [5, 5.41) is 3.71. The molecule has 1 aliphatic rings. The van der Waals surface area contributed by atoms with E-state index < -0.39 is 0 Å². The van der Waals surface area contributed by atoms with Crippen LogP contribution >= 0.6 is 11.3 Å². The Bertz CT molecular complexity index is 624. The SMILES string of the molecule is CCNC(=O)COc1ncnc2sc3c(c12)CCC3. The number of likely N-dealkylation sites (N-methyl/N-ethyl adjacent to an activating group) is 1. The Hall–Kier alpha value is -1.69. The van der Waals surface area contributed by atoms with Gasteiger partial charge >= 0.3 is 0 Å². The number of amides is 1. The highest BCUT2D eigenvalue weighted by atomic mass is 32.1. The molecule has 0 aliphatic heterocycles. The van der Waals surface area contributed by atoms with Gasteiger partial charge in [0.2, 0.25) is 5.88 Å². The predicted octanol–water partition coefficient (Wildman–Crippen LogP) is 1.69. The normalized spacial score (nSPS) is 13.5. The maximum atomic E-state index is 11.4. The summed E-state index contributed by atoms with van der Waals surface area (Å²) in [6.07, 6.45) is 4.86. The number of aryl methyl sites for hydroxylation is 2. The van der Waals surface area contributed by atoms with Crippen molar-refractivity contribution in [2.75, 3.05) is 13.2 Å². The van der Waals surface area contributed by atoms with E-state index in [0.717, 1.165) is 23.1 Å². The second-order valence-corrected chi connectivity index (χ2v) is 5.54. The molecule has 0 saturated carbocycles. The van der Waals surface area contributed by atoms with Gasteiger partial charge in [0.05, 0.1) is 5.39 Å². The molecule has 0 fully saturated rings. The van der Waals surface area contributed by atoms with Gasteiger partial charge in [0.1, 0.15) is 11.2 Å². The number of hydrogen-bond donors (Lipinski definition) is 1. The van der Waals surface area contributed by atoms with Gasteiger partial charge in [-0.3, -0.25) is 4.79 Å². The smallest absolute Gasteiger partial charge is 0.257 e. The van der Waals surface area contributed by atoms with Crippen molar-refractivity contribution in [3.8, 4) is 5.88 Å². The number of nitrogens with zero attached hydrogens (tertiary/aromatic N) is 2. The van der Waals surface area contributed by atoms with Crippen LogP contribution in [0, 0.1) is 0 Å². The lowest BCUT2D eigenvalue weighted by atomic mass is 10.2. The molecule has 0 unspecified atom stereocenters. The summed E-state index contributed by atoms with van der Waals surface area (Å²) in [5.74, 6) is 0.414. The molecule has 0 atom stereocenters. The van der Waals surface area contributed by atoms with Crippen molar-refractivity contribution in [1.29, 1.82) is 0 Å². The highest BCUT2D eigenvalue weighted by Crippen LogP contribution is 2.39. The Morgan fingerprint density at radius 3 is 3.21 bits per heavy atom. The monoisotopic (exact) mass is 277 g/mol. The number of carbonyl (C=O) groups is 1. The van der Waals surface area contributed by atoms with E-state index in [1.54, 1.807) is 11.3 Å². The maximum absolute atomic E-state index is 11.4. The first-order chi connectivity index (χ1) is 9.29. The van der Waals surface area contributed by atoms with E-state index in [1.807, 2.05) is 6.92 Å². The standard InChI is InChI=1S/C13H15N3O2S/c1-2-14-10(17)6-18-12-11-8-4-3-5-9(8)19-13(11)16-7-15-12/h7H,2-6H2,1H3,(H,14,17). The lowest BCUT2D eigenvalue weighted by Gasteiger charge is -2.06. The van der Waals surface area contributed by atoms with E-state index in [-0.39, 0.29) is 12.5 Å². The number of fused-ring (bicyclic) bond motifs is 3. The first-order valence-electron chi connectivity index (χ1n) is 6.44. The summed E-state index contributed by atoms with van der Waals surface area (Å²) in [4.78, 5) is 22.3. The van der Waals surface area contributed by atoms with Crippen molar-refractivity contribution in [2.24, 2.45) is 0 Å². The molecule has 2 heterocycles. The number of ether oxygens (including phenoxy) is 1. The van der Waals surface area contributed by atoms with E-state index in [2.05, 4.69) is 15.3 Å². The lowest BCUT2D eigenvalue weighted by Crippen LogP contribution is -2.28. The fraction of sp³-hybridized carbons (Fsp3) is 0.462. The summed E-state index contributed by atoms with van der Waals surface area (Å²) in [6.45, 7) is 2.49. The summed E-state index contributed by atoms with van der Waals surface area (Å²) < 4.78 is 5.56. The topological polar surface area (TPSA) is 64.1 Å². The molecule has 19 heavy (non-hydrogen) atoms. The van der Waals surface area contributed by atoms with Crippen molar-refractivity contribution in [2.45, 2.75) is 26.2 Å². The van der Waals surface area contributed by atoms with E-state index in [9.17, 15) is 4.79 Å². The van der Waals surface area contributed by atoms with E-state index in [4.69, 9.17) is 4.74 Å². The summed E-state index contributed by atoms with van der Waals surface area (Å²) >= 11 is 1.71. The first kappa shape index (κ1) is 12.3. The third-order valence-electron chi connectivity index (χ3n) is 3.18. The van der Waals surface area contributed by atoms with Crippen LogP contribution < -0.4 is 10.1 Å². The number of hydrogen-bond acceptors (Lipinski definition) is 5. The van der Waals surface area contributed by atoms with Crippen molar-refractivity contribution in [3.05, 3.63) is 16.8 Å². The van der Waals surface area contributed by atoms with Gasteiger partial charge in [-0.1, -0.05) is 0 Å². The zero-order valence-corrected chi connectivity index (χ0v) is 11.5. The van der Waals surface area contributed by atoms with Gasteiger partial charge in [-0.05, 0) is 31.7 Å². The molecule has 1 aliphatic carbocycles. The average Bonchev–Trinajstić information content (AvgIpc) is 2.96. The van der Waals surface area contributed by atoms with Crippen LogP contribution in [0.3, 0.4) is 0 Å². The van der Waals surface area contributed by atoms with Crippen LogP contribution in [-0.2, 0) is 17.6 Å². The largest absolute Gasteiger partial charge is 0.467 e. The molecule has 2 aromatic heterocycles. The minimum absolute atomic E-state index is 0.00454. The molecule has 0 aromatic carbocycles. The van der Waals surface area contributed by atoms with Crippen molar-refractivity contribution in [3.63, 3.8) is 0 Å². The quantitative estimate of drug-likeness (QED) is 0.923. The van der Waals surface area contributed by atoms with Gasteiger partial charge in [0.15, 0.2) is 6.61 Å².